The molecule has 1 unspecified atom stereocenters. The van der Waals surface area contributed by atoms with Crippen LogP contribution in [0.15, 0.2) is 24.3 Å². The third kappa shape index (κ3) is 3.98. The summed E-state index contributed by atoms with van der Waals surface area (Å²) in [4.78, 5) is 43.0. The SMILES string of the molecule is CCC(C)NC(=O)CN1C(=O)N(C)C(=O)N(C2CCCCC2)c2ccccc21. The second-order valence-electron chi connectivity index (χ2n) is 7.74. The van der Waals surface area contributed by atoms with Gasteiger partial charge in [0.2, 0.25) is 5.91 Å². The summed E-state index contributed by atoms with van der Waals surface area (Å²) in [7, 11) is 1.49. The van der Waals surface area contributed by atoms with Crippen LogP contribution in [-0.4, -0.2) is 48.5 Å². The van der Waals surface area contributed by atoms with Crippen molar-refractivity contribution in [2.45, 2.75) is 64.5 Å². The number of imide groups is 1. The van der Waals surface area contributed by atoms with Crippen LogP contribution < -0.4 is 15.1 Å². The van der Waals surface area contributed by atoms with Crippen LogP contribution in [0.25, 0.3) is 0 Å². The van der Waals surface area contributed by atoms with Gasteiger partial charge in [-0.05, 0) is 38.3 Å². The number of para-hydroxylation sites is 2. The predicted octanol–water partition coefficient (Wildman–Crippen LogP) is 3.73. The van der Waals surface area contributed by atoms with Gasteiger partial charge in [-0.25, -0.2) is 14.5 Å². The Bertz CT molecular complexity index is 745. The van der Waals surface area contributed by atoms with E-state index in [2.05, 4.69) is 5.32 Å². The van der Waals surface area contributed by atoms with Gasteiger partial charge in [0.25, 0.3) is 0 Å². The molecule has 0 bridgehead atoms. The molecule has 28 heavy (non-hydrogen) atoms. The summed E-state index contributed by atoms with van der Waals surface area (Å²) in [6.07, 6.45) is 6.00. The molecule has 1 aliphatic heterocycles. The van der Waals surface area contributed by atoms with Crippen LogP contribution in [0.5, 0.6) is 0 Å². The van der Waals surface area contributed by atoms with Crippen molar-refractivity contribution < 1.29 is 14.4 Å². The van der Waals surface area contributed by atoms with Crippen LogP contribution in [0, 0.1) is 0 Å². The van der Waals surface area contributed by atoms with Gasteiger partial charge in [-0.2, -0.15) is 0 Å². The van der Waals surface area contributed by atoms with Crippen LogP contribution in [0.3, 0.4) is 0 Å². The van der Waals surface area contributed by atoms with Gasteiger partial charge in [-0.3, -0.25) is 14.6 Å². The summed E-state index contributed by atoms with van der Waals surface area (Å²) in [6.45, 7) is 3.80. The number of benzene rings is 1. The highest BCUT2D eigenvalue weighted by Gasteiger charge is 2.39. The topological polar surface area (TPSA) is 73.0 Å². The van der Waals surface area contributed by atoms with Crippen molar-refractivity contribution in [1.82, 2.24) is 10.2 Å². The van der Waals surface area contributed by atoms with E-state index in [0.29, 0.717) is 11.4 Å². The number of hydrogen-bond acceptors (Lipinski definition) is 3. The zero-order chi connectivity index (χ0) is 20.3. The number of rotatable bonds is 5. The Morgan fingerprint density at radius 2 is 1.75 bits per heavy atom. The van der Waals surface area contributed by atoms with Gasteiger partial charge < -0.3 is 5.32 Å². The Kier molecular flexibility index (Phi) is 6.21. The van der Waals surface area contributed by atoms with Gasteiger partial charge in [0, 0.05) is 19.1 Å². The van der Waals surface area contributed by atoms with Gasteiger partial charge in [-0.1, -0.05) is 38.3 Å². The summed E-state index contributed by atoms with van der Waals surface area (Å²) >= 11 is 0. The number of nitrogens with zero attached hydrogens (tertiary/aromatic N) is 3. The molecule has 1 atom stereocenters. The van der Waals surface area contributed by atoms with E-state index >= 15 is 0 Å². The lowest BCUT2D eigenvalue weighted by atomic mass is 9.94. The molecular formula is C21H30N4O3. The first-order valence-corrected chi connectivity index (χ1v) is 10.2. The summed E-state index contributed by atoms with van der Waals surface area (Å²) in [6, 6.07) is 6.69. The Balaban J connectivity index is 1.97. The van der Waals surface area contributed by atoms with Crippen molar-refractivity contribution in [3.63, 3.8) is 0 Å². The first-order chi connectivity index (χ1) is 13.4. The first kappa shape index (κ1) is 20.2. The predicted molar refractivity (Wildman–Crippen MR) is 110 cm³/mol. The van der Waals surface area contributed by atoms with Gasteiger partial charge in [-0.15, -0.1) is 0 Å². The van der Waals surface area contributed by atoms with E-state index in [1.807, 2.05) is 38.1 Å². The minimum absolute atomic E-state index is 0.0305. The lowest BCUT2D eigenvalue weighted by Gasteiger charge is -2.35. The van der Waals surface area contributed by atoms with Gasteiger partial charge >= 0.3 is 12.1 Å². The summed E-state index contributed by atoms with van der Waals surface area (Å²) in [5.41, 5.74) is 1.31. The van der Waals surface area contributed by atoms with Crippen LogP contribution >= 0.6 is 0 Å². The molecule has 3 rings (SSSR count). The Morgan fingerprint density at radius 3 is 2.39 bits per heavy atom. The van der Waals surface area contributed by atoms with Gasteiger partial charge in [0.1, 0.15) is 6.54 Å². The van der Waals surface area contributed by atoms with Crippen molar-refractivity contribution in [3.05, 3.63) is 24.3 Å². The average molecular weight is 386 g/mol. The molecule has 7 nitrogen and oxygen atoms in total. The standard InChI is InChI=1S/C21H30N4O3/c1-4-15(2)22-19(26)14-24-17-12-8-9-13-18(17)25(16-10-6-5-7-11-16)21(28)23(3)20(24)27/h8-9,12-13,15-16H,4-7,10-11,14H2,1-3H3,(H,22,26). The quantitative estimate of drug-likeness (QED) is 0.838. The monoisotopic (exact) mass is 386 g/mol. The molecular weight excluding hydrogens is 356 g/mol. The smallest absolute Gasteiger partial charge is 0.332 e. The van der Waals surface area contributed by atoms with Gasteiger partial charge in [0.05, 0.1) is 11.4 Å². The molecule has 0 spiro atoms. The van der Waals surface area contributed by atoms with Crippen molar-refractivity contribution in [1.29, 1.82) is 0 Å². The Labute approximate surface area is 166 Å². The zero-order valence-electron chi connectivity index (χ0n) is 17.0. The molecule has 0 radical (unpaired) electrons. The molecule has 7 heteroatoms. The first-order valence-electron chi connectivity index (χ1n) is 10.2. The fraction of sp³-hybridized carbons (Fsp3) is 0.571. The molecule has 1 fully saturated rings. The fourth-order valence-electron chi connectivity index (χ4n) is 3.94. The number of urea groups is 2. The number of carbonyl (C=O) groups excluding carboxylic acids is 3. The molecule has 0 aromatic heterocycles. The zero-order valence-corrected chi connectivity index (χ0v) is 17.0. The molecule has 2 aliphatic rings. The molecule has 1 aliphatic carbocycles. The lowest BCUT2D eigenvalue weighted by molar-refractivity contribution is -0.120. The number of nitrogens with one attached hydrogen (secondary N) is 1. The third-order valence-electron chi connectivity index (χ3n) is 5.70. The minimum Gasteiger partial charge on any atom is -0.352 e. The summed E-state index contributed by atoms with van der Waals surface area (Å²) < 4.78 is 0. The number of fused-ring (bicyclic) bond motifs is 1. The van der Waals surface area contributed by atoms with E-state index in [9.17, 15) is 14.4 Å². The maximum Gasteiger partial charge on any atom is 0.332 e. The van der Waals surface area contributed by atoms with E-state index < -0.39 is 6.03 Å². The fourth-order valence-corrected chi connectivity index (χ4v) is 3.94. The van der Waals surface area contributed by atoms with Gasteiger partial charge in [0.15, 0.2) is 0 Å². The summed E-state index contributed by atoms with van der Waals surface area (Å²) in [5, 5.41) is 2.90. The highest BCUT2D eigenvalue weighted by atomic mass is 16.2. The van der Waals surface area contributed by atoms with Crippen molar-refractivity contribution >= 4 is 29.3 Å². The van der Waals surface area contributed by atoms with E-state index in [-0.39, 0.29) is 30.6 Å². The highest BCUT2D eigenvalue weighted by molar-refractivity contribution is 6.14. The second kappa shape index (κ2) is 8.63. The van der Waals surface area contributed by atoms with E-state index in [1.54, 1.807) is 4.90 Å². The largest absolute Gasteiger partial charge is 0.352 e. The van der Waals surface area contributed by atoms with Crippen LogP contribution in [0.1, 0.15) is 52.4 Å². The van der Waals surface area contributed by atoms with Crippen molar-refractivity contribution in [2.24, 2.45) is 0 Å². The molecule has 1 saturated carbocycles. The maximum absolute atomic E-state index is 13.2. The van der Waals surface area contributed by atoms with Crippen LogP contribution in [-0.2, 0) is 4.79 Å². The minimum atomic E-state index is -0.477. The molecule has 152 valence electrons. The summed E-state index contributed by atoms with van der Waals surface area (Å²) in [5.74, 6) is -0.232. The van der Waals surface area contributed by atoms with E-state index in [4.69, 9.17) is 0 Å². The van der Waals surface area contributed by atoms with Crippen LogP contribution in [0.2, 0.25) is 0 Å². The van der Waals surface area contributed by atoms with Crippen molar-refractivity contribution in [2.75, 3.05) is 23.4 Å². The third-order valence-corrected chi connectivity index (χ3v) is 5.70. The number of hydrogen-bond donors (Lipinski definition) is 1. The number of amides is 5. The lowest BCUT2D eigenvalue weighted by Crippen LogP contribution is -2.51. The molecule has 1 aromatic rings. The van der Waals surface area contributed by atoms with Crippen LogP contribution in [0.4, 0.5) is 21.0 Å². The highest BCUT2D eigenvalue weighted by Crippen LogP contribution is 2.37. The molecule has 1 aromatic carbocycles. The molecule has 1 N–H and O–H groups in total. The maximum atomic E-state index is 13.2. The number of carbonyl (C=O) groups is 3. The Hall–Kier alpha value is -2.57. The van der Waals surface area contributed by atoms with E-state index in [1.165, 1.54) is 18.4 Å². The Morgan fingerprint density at radius 1 is 1.11 bits per heavy atom. The molecule has 5 amide bonds. The average Bonchev–Trinajstić information content (AvgIpc) is 2.78. The van der Waals surface area contributed by atoms with E-state index in [0.717, 1.165) is 37.0 Å². The number of anilines is 2. The molecule has 1 heterocycles. The second-order valence-corrected chi connectivity index (χ2v) is 7.74. The van der Waals surface area contributed by atoms with Crippen molar-refractivity contribution in [3.8, 4) is 0 Å². The molecule has 0 saturated heterocycles. The normalized spacial score (nSPS) is 19.3.